The molecule has 0 bridgehead atoms. The van der Waals surface area contributed by atoms with Crippen LogP contribution >= 0.6 is 0 Å². The van der Waals surface area contributed by atoms with Crippen LogP contribution in [0.1, 0.15) is 24.1 Å². The molecule has 1 heterocycles. The van der Waals surface area contributed by atoms with Crippen LogP contribution in [0.4, 0.5) is 18.0 Å². The SMILES string of the molecule is CC(NC(=O)N(C)Cc1cnn(C)c1)c1ccc(OCC(F)(F)F)cc1. The summed E-state index contributed by atoms with van der Waals surface area (Å²) in [4.78, 5) is 13.8. The Balaban J connectivity index is 1.87. The van der Waals surface area contributed by atoms with Crippen LogP contribution < -0.4 is 10.1 Å². The van der Waals surface area contributed by atoms with Gasteiger partial charge in [-0.25, -0.2) is 4.79 Å². The number of benzene rings is 1. The third-order valence-corrected chi connectivity index (χ3v) is 3.65. The van der Waals surface area contributed by atoms with Crippen LogP contribution in [0.25, 0.3) is 0 Å². The van der Waals surface area contributed by atoms with E-state index in [1.54, 1.807) is 44.0 Å². The molecule has 2 amide bonds. The van der Waals surface area contributed by atoms with Gasteiger partial charge in [0.1, 0.15) is 5.75 Å². The molecule has 0 aliphatic rings. The van der Waals surface area contributed by atoms with E-state index in [0.717, 1.165) is 11.1 Å². The van der Waals surface area contributed by atoms with Gasteiger partial charge < -0.3 is 15.0 Å². The number of carbonyl (C=O) groups is 1. The molecule has 1 aromatic heterocycles. The molecule has 0 saturated carbocycles. The van der Waals surface area contributed by atoms with E-state index in [-0.39, 0.29) is 17.8 Å². The van der Waals surface area contributed by atoms with Crippen LogP contribution in [0.3, 0.4) is 0 Å². The number of amides is 2. The normalized spacial score (nSPS) is 12.5. The monoisotopic (exact) mass is 370 g/mol. The van der Waals surface area contributed by atoms with Crippen molar-refractivity contribution >= 4 is 6.03 Å². The molecule has 2 aromatic rings. The molecule has 1 N–H and O–H groups in total. The van der Waals surface area contributed by atoms with E-state index in [1.165, 1.54) is 17.0 Å². The van der Waals surface area contributed by atoms with Crippen LogP contribution in [0.5, 0.6) is 5.75 Å². The standard InChI is InChI=1S/C17H21F3N4O2/c1-12(14-4-6-15(7-5-14)26-11-17(18,19)20)22-16(25)23(2)9-13-8-21-24(3)10-13/h4-8,10,12H,9,11H2,1-3H3,(H,22,25). The van der Waals surface area contributed by atoms with Gasteiger partial charge in [-0.3, -0.25) is 4.68 Å². The Hall–Kier alpha value is -2.71. The number of hydrogen-bond acceptors (Lipinski definition) is 3. The summed E-state index contributed by atoms with van der Waals surface area (Å²) in [5.74, 6) is 0.123. The van der Waals surface area contributed by atoms with E-state index >= 15 is 0 Å². The van der Waals surface area contributed by atoms with Crippen LogP contribution in [0.15, 0.2) is 36.7 Å². The van der Waals surface area contributed by atoms with Crippen molar-refractivity contribution in [1.82, 2.24) is 20.0 Å². The number of rotatable bonds is 6. The Labute approximate surface area is 149 Å². The number of alkyl halides is 3. The first-order valence-electron chi connectivity index (χ1n) is 7.93. The minimum Gasteiger partial charge on any atom is -0.484 e. The Morgan fingerprint density at radius 3 is 2.54 bits per heavy atom. The molecule has 0 spiro atoms. The quantitative estimate of drug-likeness (QED) is 0.849. The molecule has 1 unspecified atom stereocenters. The summed E-state index contributed by atoms with van der Waals surface area (Å²) < 4.78 is 42.8. The zero-order valence-electron chi connectivity index (χ0n) is 14.7. The molecular weight excluding hydrogens is 349 g/mol. The molecule has 1 aromatic carbocycles. The van der Waals surface area contributed by atoms with Crippen molar-refractivity contribution in [2.45, 2.75) is 25.7 Å². The Morgan fingerprint density at radius 2 is 2.00 bits per heavy atom. The van der Waals surface area contributed by atoms with Crippen LogP contribution in [0, 0.1) is 0 Å². The van der Waals surface area contributed by atoms with Crippen LogP contribution in [0.2, 0.25) is 0 Å². The van der Waals surface area contributed by atoms with Crippen molar-refractivity contribution in [3.8, 4) is 5.75 Å². The van der Waals surface area contributed by atoms with E-state index in [2.05, 4.69) is 15.2 Å². The van der Waals surface area contributed by atoms with Gasteiger partial charge in [0.15, 0.2) is 6.61 Å². The molecule has 0 aliphatic carbocycles. The molecule has 0 fully saturated rings. The number of aryl methyl sites for hydroxylation is 1. The number of nitrogens with one attached hydrogen (secondary N) is 1. The predicted octanol–water partition coefficient (Wildman–Crippen LogP) is 3.26. The third kappa shape index (κ3) is 5.98. The highest BCUT2D eigenvalue weighted by Crippen LogP contribution is 2.21. The third-order valence-electron chi connectivity index (χ3n) is 3.65. The molecule has 6 nitrogen and oxygen atoms in total. The van der Waals surface area contributed by atoms with Gasteiger partial charge in [-0.05, 0) is 24.6 Å². The lowest BCUT2D eigenvalue weighted by Crippen LogP contribution is -2.38. The van der Waals surface area contributed by atoms with Crippen molar-refractivity contribution in [3.05, 3.63) is 47.8 Å². The zero-order chi connectivity index (χ0) is 19.3. The maximum Gasteiger partial charge on any atom is 0.422 e. The number of hydrogen-bond donors (Lipinski definition) is 1. The summed E-state index contributed by atoms with van der Waals surface area (Å²) >= 11 is 0. The first-order valence-corrected chi connectivity index (χ1v) is 7.93. The zero-order valence-corrected chi connectivity index (χ0v) is 14.7. The maximum absolute atomic E-state index is 12.3. The van der Waals surface area contributed by atoms with Crippen molar-refractivity contribution in [2.24, 2.45) is 7.05 Å². The van der Waals surface area contributed by atoms with Crippen molar-refractivity contribution in [3.63, 3.8) is 0 Å². The van der Waals surface area contributed by atoms with Gasteiger partial charge >= 0.3 is 12.2 Å². The molecule has 26 heavy (non-hydrogen) atoms. The van der Waals surface area contributed by atoms with Crippen molar-refractivity contribution < 1.29 is 22.7 Å². The minimum atomic E-state index is -4.38. The molecule has 0 radical (unpaired) electrons. The number of halogens is 3. The van der Waals surface area contributed by atoms with E-state index in [0.29, 0.717) is 6.54 Å². The second kappa shape index (κ2) is 8.11. The first-order chi connectivity index (χ1) is 12.1. The topological polar surface area (TPSA) is 59.4 Å². The van der Waals surface area contributed by atoms with Gasteiger partial charge in [0.25, 0.3) is 0 Å². The largest absolute Gasteiger partial charge is 0.484 e. The van der Waals surface area contributed by atoms with Crippen molar-refractivity contribution in [1.29, 1.82) is 0 Å². The van der Waals surface area contributed by atoms with Gasteiger partial charge in [0.2, 0.25) is 0 Å². The summed E-state index contributed by atoms with van der Waals surface area (Å²) in [5, 5.41) is 6.89. The van der Waals surface area contributed by atoms with E-state index < -0.39 is 12.8 Å². The second-order valence-corrected chi connectivity index (χ2v) is 6.02. The first kappa shape index (κ1) is 19.6. The number of nitrogens with zero attached hydrogens (tertiary/aromatic N) is 3. The molecule has 0 aliphatic heterocycles. The molecule has 1 atom stereocenters. The van der Waals surface area contributed by atoms with E-state index in [1.807, 2.05) is 6.20 Å². The number of carbonyl (C=O) groups excluding carboxylic acids is 1. The van der Waals surface area contributed by atoms with Crippen molar-refractivity contribution in [2.75, 3.05) is 13.7 Å². The molecule has 2 rings (SSSR count). The maximum atomic E-state index is 12.3. The lowest BCUT2D eigenvalue weighted by molar-refractivity contribution is -0.153. The van der Waals surface area contributed by atoms with E-state index in [9.17, 15) is 18.0 Å². The van der Waals surface area contributed by atoms with Crippen LogP contribution in [-0.4, -0.2) is 40.5 Å². The highest BCUT2D eigenvalue weighted by Gasteiger charge is 2.28. The van der Waals surface area contributed by atoms with Gasteiger partial charge in [0.05, 0.1) is 18.8 Å². The number of urea groups is 1. The second-order valence-electron chi connectivity index (χ2n) is 6.02. The smallest absolute Gasteiger partial charge is 0.422 e. The highest BCUT2D eigenvalue weighted by atomic mass is 19.4. The fourth-order valence-electron chi connectivity index (χ4n) is 2.30. The summed E-state index contributed by atoms with van der Waals surface area (Å²) in [7, 11) is 3.47. The van der Waals surface area contributed by atoms with Gasteiger partial charge in [0, 0.05) is 25.9 Å². The van der Waals surface area contributed by atoms with E-state index in [4.69, 9.17) is 0 Å². The molecule has 142 valence electrons. The van der Waals surface area contributed by atoms with Gasteiger partial charge in [-0.1, -0.05) is 12.1 Å². The summed E-state index contributed by atoms with van der Waals surface area (Å²) in [6, 6.07) is 5.57. The number of aromatic nitrogens is 2. The van der Waals surface area contributed by atoms with Crippen LogP contribution in [-0.2, 0) is 13.6 Å². The predicted molar refractivity (Wildman–Crippen MR) is 89.6 cm³/mol. The average Bonchev–Trinajstić information content (AvgIpc) is 2.97. The summed E-state index contributed by atoms with van der Waals surface area (Å²) in [5.41, 5.74) is 1.66. The highest BCUT2D eigenvalue weighted by molar-refractivity contribution is 5.74. The molecule has 9 heteroatoms. The Kier molecular flexibility index (Phi) is 6.12. The minimum absolute atomic E-state index is 0.123. The van der Waals surface area contributed by atoms with Gasteiger partial charge in [-0.2, -0.15) is 18.3 Å². The lowest BCUT2D eigenvalue weighted by atomic mass is 10.1. The Bertz CT molecular complexity index is 728. The van der Waals surface area contributed by atoms with Gasteiger partial charge in [-0.15, -0.1) is 0 Å². The summed E-state index contributed by atoms with van der Waals surface area (Å²) in [6.07, 6.45) is -0.863. The fourth-order valence-corrected chi connectivity index (χ4v) is 2.30. The number of ether oxygens (including phenoxy) is 1. The summed E-state index contributed by atoms with van der Waals surface area (Å²) in [6.45, 7) is 0.871. The average molecular weight is 370 g/mol. The lowest BCUT2D eigenvalue weighted by Gasteiger charge is -2.21. The molecular formula is C17H21F3N4O2. The molecule has 0 saturated heterocycles. The fraction of sp³-hybridized carbons (Fsp3) is 0.412. The Morgan fingerprint density at radius 1 is 1.35 bits per heavy atom.